The maximum Gasteiger partial charge on any atom is 0.333 e. The Labute approximate surface area is 160 Å². The number of pyridine rings is 1. The molecule has 4 rings (SSSR count). The molecule has 0 bridgehead atoms. The minimum absolute atomic E-state index is 0.105. The number of hydrogen-bond donors (Lipinski definition) is 1. The first-order chi connectivity index (χ1) is 13.1. The third kappa shape index (κ3) is 3.17. The van der Waals surface area contributed by atoms with E-state index >= 15 is 0 Å². The zero-order valence-corrected chi connectivity index (χ0v) is 15.4. The number of nitrogens with zero attached hydrogens (tertiary/aromatic N) is 3. The molecule has 0 amide bonds. The van der Waals surface area contributed by atoms with Crippen LogP contribution in [0.15, 0.2) is 58.1 Å². The molecule has 7 heteroatoms. The molecule has 1 aliphatic rings. The second-order valence-corrected chi connectivity index (χ2v) is 7.08. The van der Waals surface area contributed by atoms with Gasteiger partial charge in [-0.3, -0.25) is 13.9 Å². The van der Waals surface area contributed by atoms with Crippen molar-refractivity contribution in [1.29, 1.82) is 0 Å². The van der Waals surface area contributed by atoms with Crippen molar-refractivity contribution >= 4 is 28.5 Å². The molecular formula is C20H19ClN4O2. The Bertz CT molecular complexity index is 1160. The summed E-state index contributed by atoms with van der Waals surface area (Å²) in [5.41, 5.74) is 6.09. The van der Waals surface area contributed by atoms with Gasteiger partial charge in [0.15, 0.2) is 5.65 Å². The number of aromatic nitrogens is 3. The van der Waals surface area contributed by atoms with Crippen molar-refractivity contribution < 1.29 is 0 Å². The summed E-state index contributed by atoms with van der Waals surface area (Å²) >= 11 is 6.24. The standard InChI is InChI=1S/C20H19ClN4O2/c21-16-9-5-4-6-13(16)12-24-19(26)15-10-11-17(22)23-18(15)25(20(24)27)14-7-2-1-3-8-14/h2,4-7,9-11,14H,1,3,8,12H2,(H2,22,23). The lowest BCUT2D eigenvalue weighted by Crippen LogP contribution is -2.42. The molecule has 0 fully saturated rings. The predicted molar refractivity (Wildman–Crippen MR) is 107 cm³/mol. The largest absolute Gasteiger partial charge is 0.384 e. The third-order valence-corrected chi connectivity index (χ3v) is 5.25. The van der Waals surface area contributed by atoms with Crippen LogP contribution >= 0.6 is 11.6 Å². The van der Waals surface area contributed by atoms with Crippen LogP contribution in [-0.4, -0.2) is 14.1 Å². The van der Waals surface area contributed by atoms with Crippen LogP contribution in [0, 0.1) is 0 Å². The fourth-order valence-electron chi connectivity index (χ4n) is 3.51. The van der Waals surface area contributed by atoms with Crippen LogP contribution in [0.5, 0.6) is 0 Å². The number of rotatable bonds is 3. The van der Waals surface area contributed by atoms with E-state index in [0.29, 0.717) is 21.6 Å². The smallest absolute Gasteiger partial charge is 0.333 e. The Morgan fingerprint density at radius 2 is 2.00 bits per heavy atom. The average molecular weight is 383 g/mol. The number of halogens is 1. The lowest BCUT2D eigenvalue weighted by Gasteiger charge is -2.22. The van der Waals surface area contributed by atoms with Gasteiger partial charge in [0.25, 0.3) is 5.56 Å². The van der Waals surface area contributed by atoms with Gasteiger partial charge in [0.2, 0.25) is 0 Å². The van der Waals surface area contributed by atoms with Gasteiger partial charge in [-0.05, 0) is 43.0 Å². The summed E-state index contributed by atoms with van der Waals surface area (Å²) in [6.45, 7) is 0.105. The van der Waals surface area contributed by atoms with E-state index in [0.717, 1.165) is 19.3 Å². The van der Waals surface area contributed by atoms with Gasteiger partial charge in [0, 0.05) is 5.02 Å². The van der Waals surface area contributed by atoms with Crippen LogP contribution in [0.25, 0.3) is 11.0 Å². The molecule has 1 unspecified atom stereocenters. The van der Waals surface area contributed by atoms with Crippen molar-refractivity contribution in [2.75, 3.05) is 5.73 Å². The molecule has 27 heavy (non-hydrogen) atoms. The Morgan fingerprint density at radius 1 is 1.19 bits per heavy atom. The van der Waals surface area contributed by atoms with E-state index < -0.39 is 11.2 Å². The zero-order chi connectivity index (χ0) is 19.0. The summed E-state index contributed by atoms with van der Waals surface area (Å²) < 4.78 is 2.81. The van der Waals surface area contributed by atoms with Gasteiger partial charge in [-0.25, -0.2) is 9.78 Å². The molecule has 0 saturated carbocycles. The van der Waals surface area contributed by atoms with Crippen molar-refractivity contribution in [3.05, 3.63) is 80.0 Å². The topological polar surface area (TPSA) is 82.9 Å². The van der Waals surface area contributed by atoms with E-state index in [9.17, 15) is 9.59 Å². The summed E-state index contributed by atoms with van der Waals surface area (Å²) in [6, 6.07) is 10.3. The molecule has 0 aliphatic heterocycles. The van der Waals surface area contributed by atoms with E-state index in [4.69, 9.17) is 17.3 Å². The Hall–Kier alpha value is -2.86. The summed E-state index contributed by atoms with van der Waals surface area (Å²) in [6.07, 6.45) is 6.83. The second kappa shape index (κ2) is 7.04. The van der Waals surface area contributed by atoms with Gasteiger partial charge >= 0.3 is 5.69 Å². The fraction of sp³-hybridized carbons (Fsp3) is 0.250. The van der Waals surface area contributed by atoms with Crippen molar-refractivity contribution in [3.63, 3.8) is 0 Å². The van der Waals surface area contributed by atoms with Crippen LogP contribution in [0.2, 0.25) is 5.02 Å². The number of anilines is 1. The van der Waals surface area contributed by atoms with E-state index in [-0.39, 0.29) is 18.4 Å². The van der Waals surface area contributed by atoms with E-state index in [1.165, 1.54) is 4.57 Å². The minimum atomic E-state index is -0.401. The minimum Gasteiger partial charge on any atom is -0.384 e. The van der Waals surface area contributed by atoms with Crippen LogP contribution < -0.4 is 17.0 Å². The van der Waals surface area contributed by atoms with E-state index in [2.05, 4.69) is 11.1 Å². The normalized spacial score (nSPS) is 16.7. The highest BCUT2D eigenvalue weighted by Crippen LogP contribution is 2.24. The fourth-order valence-corrected chi connectivity index (χ4v) is 3.71. The molecule has 1 atom stereocenters. The molecular weight excluding hydrogens is 364 g/mol. The molecule has 2 N–H and O–H groups in total. The van der Waals surface area contributed by atoms with Gasteiger partial charge in [-0.15, -0.1) is 0 Å². The molecule has 2 aromatic heterocycles. The highest BCUT2D eigenvalue weighted by atomic mass is 35.5. The zero-order valence-electron chi connectivity index (χ0n) is 14.6. The van der Waals surface area contributed by atoms with E-state index in [1.54, 1.807) is 22.8 Å². The van der Waals surface area contributed by atoms with Crippen molar-refractivity contribution in [1.82, 2.24) is 14.1 Å². The average Bonchev–Trinajstić information content (AvgIpc) is 2.67. The van der Waals surface area contributed by atoms with Crippen LogP contribution in [-0.2, 0) is 6.54 Å². The van der Waals surface area contributed by atoms with Gasteiger partial charge in [0.05, 0.1) is 18.0 Å². The predicted octanol–water partition coefficient (Wildman–Crippen LogP) is 3.12. The van der Waals surface area contributed by atoms with Crippen molar-refractivity contribution in [3.8, 4) is 0 Å². The Kier molecular flexibility index (Phi) is 4.58. The van der Waals surface area contributed by atoms with Crippen LogP contribution in [0.1, 0.15) is 30.9 Å². The SMILES string of the molecule is Nc1ccc2c(=O)n(Cc3ccccc3Cl)c(=O)n(C3C=CCCC3)c2n1. The first kappa shape index (κ1) is 17.5. The first-order valence-electron chi connectivity index (χ1n) is 8.88. The van der Waals surface area contributed by atoms with Gasteiger partial charge < -0.3 is 5.73 Å². The summed E-state index contributed by atoms with van der Waals surface area (Å²) in [4.78, 5) is 30.6. The van der Waals surface area contributed by atoms with Crippen molar-refractivity contribution in [2.45, 2.75) is 31.8 Å². The summed E-state index contributed by atoms with van der Waals surface area (Å²) in [5, 5.41) is 0.887. The molecule has 0 spiro atoms. The Balaban J connectivity index is 2.00. The number of allylic oxidation sites excluding steroid dienone is 2. The van der Waals surface area contributed by atoms with Gasteiger partial charge in [0.1, 0.15) is 5.82 Å². The van der Waals surface area contributed by atoms with E-state index in [1.807, 2.05) is 24.3 Å². The third-order valence-electron chi connectivity index (χ3n) is 4.88. The monoisotopic (exact) mass is 382 g/mol. The molecule has 2 heterocycles. The number of hydrogen-bond acceptors (Lipinski definition) is 4. The number of benzene rings is 1. The lowest BCUT2D eigenvalue weighted by molar-refractivity contribution is 0.487. The maximum atomic E-state index is 13.3. The molecule has 138 valence electrons. The first-order valence-corrected chi connectivity index (χ1v) is 9.25. The lowest BCUT2D eigenvalue weighted by atomic mass is 10.0. The quantitative estimate of drug-likeness (QED) is 0.705. The summed E-state index contributed by atoms with van der Waals surface area (Å²) in [7, 11) is 0. The molecule has 1 aliphatic carbocycles. The Morgan fingerprint density at radius 3 is 2.74 bits per heavy atom. The number of fused-ring (bicyclic) bond motifs is 1. The highest BCUT2D eigenvalue weighted by molar-refractivity contribution is 6.31. The van der Waals surface area contributed by atoms with Crippen molar-refractivity contribution in [2.24, 2.45) is 0 Å². The molecule has 3 aromatic rings. The number of nitrogen functional groups attached to an aromatic ring is 1. The van der Waals surface area contributed by atoms with Gasteiger partial charge in [-0.1, -0.05) is 42.0 Å². The van der Waals surface area contributed by atoms with Crippen LogP contribution in [0.3, 0.4) is 0 Å². The molecule has 1 aromatic carbocycles. The second-order valence-electron chi connectivity index (χ2n) is 6.67. The van der Waals surface area contributed by atoms with Gasteiger partial charge in [-0.2, -0.15) is 0 Å². The van der Waals surface area contributed by atoms with Crippen LogP contribution in [0.4, 0.5) is 5.82 Å². The molecule has 0 radical (unpaired) electrons. The highest BCUT2D eigenvalue weighted by Gasteiger charge is 2.21. The maximum absolute atomic E-state index is 13.3. The molecule has 0 saturated heterocycles. The summed E-state index contributed by atoms with van der Waals surface area (Å²) in [5.74, 6) is 0.277. The number of nitrogens with two attached hydrogens (primary N) is 1. The molecule has 6 nitrogen and oxygen atoms in total.